The molecule has 5 nitrogen and oxygen atoms in total. The van der Waals surface area contributed by atoms with E-state index in [2.05, 4.69) is 4.90 Å². The molecule has 0 fully saturated rings. The smallest absolute Gasteiger partial charge is 0.122 e. The van der Waals surface area contributed by atoms with Crippen LogP contribution in [-0.4, -0.2) is 46.4 Å². The molecule has 0 aliphatic carbocycles. The predicted molar refractivity (Wildman–Crippen MR) is 78.0 cm³/mol. The van der Waals surface area contributed by atoms with Gasteiger partial charge in [0.2, 0.25) is 0 Å². The third-order valence-corrected chi connectivity index (χ3v) is 2.81. The van der Waals surface area contributed by atoms with Gasteiger partial charge in [-0.2, -0.15) is 0 Å². The molecule has 5 heteroatoms. The number of hydrogen-bond acceptors (Lipinski definition) is 4. The molecule has 0 heterocycles. The fourth-order valence-corrected chi connectivity index (χ4v) is 1.65. The van der Waals surface area contributed by atoms with Crippen molar-refractivity contribution in [1.29, 1.82) is 5.41 Å². The van der Waals surface area contributed by atoms with Gasteiger partial charge in [-0.25, -0.2) is 0 Å². The summed E-state index contributed by atoms with van der Waals surface area (Å²) in [7, 11) is 3.69. The minimum Gasteiger partial charge on any atom is -0.385 e. The molecule has 106 valence electrons. The van der Waals surface area contributed by atoms with E-state index in [9.17, 15) is 0 Å². The first-order valence-corrected chi connectivity index (χ1v) is 6.37. The maximum atomic E-state index is 7.43. The fraction of sp³-hybridized carbons (Fsp3) is 0.500. The minimum absolute atomic E-state index is 0.0889. The zero-order valence-corrected chi connectivity index (χ0v) is 11.7. The number of rotatable bonds is 9. The van der Waals surface area contributed by atoms with Crippen molar-refractivity contribution in [2.45, 2.75) is 6.42 Å². The highest BCUT2D eigenvalue weighted by atomic mass is 16.5. The Morgan fingerprint density at radius 3 is 2.79 bits per heavy atom. The van der Waals surface area contributed by atoms with Crippen molar-refractivity contribution in [3.05, 3.63) is 29.8 Å². The number of ether oxygens (including phenoxy) is 2. The molecule has 0 saturated heterocycles. The molecule has 0 unspecified atom stereocenters. The van der Waals surface area contributed by atoms with Gasteiger partial charge in [-0.3, -0.25) is 5.41 Å². The number of nitrogen functional groups attached to an aromatic ring is 1. The van der Waals surface area contributed by atoms with Gasteiger partial charge in [-0.1, -0.05) is 12.1 Å². The van der Waals surface area contributed by atoms with Gasteiger partial charge in [0.15, 0.2) is 0 Å². The van der Waals surface area contributed by atoms with Crippen LogP contribution in [0.15, 0.2) is 24.3 Å². The highest BCUT2D eigenvalue weighted by molar-refractivity contribution is 5.95. The van der Waals surface area contributed by atoms with Crippen LogP contribution in [0, 0.1) is 5.41 Å². The molecule has 1 aromatic carbocycles. The summed E-state index contributed by atoms with van der Waals surface area (Å²) in [4.78, 5) is 2.09. The Labute approximate surface area is 114 Å². The van der Waals surface area contributed by atoms with Crippen LogP contribution in [0.25, 0.3) is 0 Å². The van der Waals surface area contributed by atoms with Crippen molar-refractivity contribution >= 4 is 11.5 Å². The van der Waals surface area contributed by atoms with Crippen molar-refractivity contribution in [1.82, 2.24) is 0 Å². The van der Waals surface area contributed by atoms with Gasteiger partial charge in [-0.05, 0) is 18.6 Å². The van der Waals surface area contributed by atoms with Gasteiger partial charge < -0.3 is 20.1 Å². The number of anilines is 1. The average Bonchev–Trinajstić information content (AvgIpc) is 2.42. The van der Waals surface area contributed by atoms with Crippen molar-refractivity contribution in [3.8, 4) is 0 Å². The molecule has 1 rings (SSSR count). The van der Waals surface area contributed by atoms with Crippen LogP contribution in [0.2, 0.25) is 0 Å². The molecule has 0 amide bonds. The summed E-state index contributed by atoms with van der Waals surface area (Å²) < 4.78 is 10.5. The molecule has 0 radical (unpaired) electrons. The Morgan fingerprint density at radius 2 is 2.11 bits per heavy atom. The highest BCUT2D eigenvalue weighted by Gasteiger charge is 2.03. The summed E-state index contributed by atoms with van der Waals surface area (Å²) in [5, 5.41) is 7.43. The van der Waals surface area contributed by atoms with Gasteiger partial charge in [0, 0.05) is 45.2 Å². The first-order valence-electron chi connectivity index (χ1n) is 6.37. The van der Waals surface area contributed by atoms with Gasteiger partial charge in [0.05, 0.1) is 6.61 Å². The Balaban J connectivity index is 2.34. The summed E-state index contributed by atoms with van der Waals surface area (Å²) in [6.45, 7) is 2.92. The zero-order valence-electron chi connectivity index (χ0n) is 11.7. The second-order valence-electron chi connectivity index (χ2n) is 4.34. The monoisotopic (exact) mass is 265 g/mol. The van der Waals surface area contributed by atoms with Crippen LogP contribution in [0.3, 0.4) is 0 Å². The highest BCUT2D eigenvalue weighted by Crippen LogP contribution is 2.14. The van der Waals surface area contributed by atoms with Crippen molar-refractivity contribution in [3.63, 3.8) is 0 Å². The molecule has 0 aliphatic heterocycles. The van der Waals surface area contributed by atoms with Crippen LogP contribution in [0.1, 0.15) is 12.0 Å². The molecule has 0 saturated carbocycles. The van der Waals surface area contributed by atoms with Crippen LogP contribution in [-0.2, 0) is 9.47 Å². The molecule has 3 N–H and O–H groups in total. The Kier molecular flexibility index (Phi) is 6.92. The third kappa shape index (κ3) is 5.72. The van der Waals surface area contributed by atoms with Crippen LogP contribution < -0.4 is 10.6 Å². The maximum absolute atomic E-state index is 7.43. The van der Waals surface area contributed by atoms with Gasteiger partial charge >= 0.3 is 0 Å². The Morgan fingerprint density at radius 1 is 1.32 bits per heavy atom. The van der Waals surface area contributed by atoms with E-state index in [0.717, 1.165) is 37.4 Å². The lowest BCUT2D eigenvalue weighted by molar-refractivity contribution is 0.107. The largest absolute Gasteiger partial charge is 0.385 e. The Bertz CT molecular complexity index is 396. The number of amidine groups is 1. The van der Waals surface area contributed by atoms with Crippen molar-refractivity contribution in [2.24, 2.45) is 5.73 Å². The number of methoxy groups -OCH3 is 1. The number of nitrogens with two attached hydrogens (primary N) is 1. The number of hydrogen-bond donors (Lipinski definition) is 2. The molecule has 0 aliphatic rings. The van der Waals surface area contributed by atoms with Gasteiger partial charge in [0.25, 0.3) is 0 Å². The maximum Gasteiger partial charge on any atom is 0.122 e. The van der Waals surface area contributed by atoms with Gasteiger partial charge in [-0.15, -0.1) is 0 Å². The van der Waals surface area contributed by atoms with Crippen LogP contribution in [0.5, 0.6) is 0 Å². The summed E-state index contributed by atoms with van der Waals surface area (Å²) >= 11 is 0. The van der Waals surface area contributed by atoms with E-state index in [1.807, 2.05) is 31.3 Å². The second kappa shape index (κ2) is 8.50. The predicted octanol–water partition coefficient (Wildman–Crippen LogP) is 1.46. The number of nitrogens with one attached hydrogen (secondary N) is 1. The minimum atomic E-state index is 0.0889. The summed E-state index contributed by atoms with van der Waals surface area (Å²) in [5.74, 6) is 0.0889. The molecule has 0 atom stereocenters. The van der Waals surface area contributed by atoms with Crippen LogP contribution in [0.4, 0.5) is 5.69 Å². The quantitative estimate of drug-likeness (QED) is 0.403. The summed E-state index contributed by atoms with van der Waals surface area (Å²) in [6.07, 6.45) is 0.917. The van der Waals surface area contributed by atoms with E-state index >= 15 is 0 Å². The summed E-state index contributed by atoms with van der Waals surface area (Å²) in [5.41, 5.74) is 7.26. The topological polar surface area (TPSA) is 71.6 Å². The normalized spacial score (nSPS) is 10.4. The lowest BCUT2D eigenvalue weighted by Gasteiger charge is -2.19. The number of benzene rings is 1. The lowest BCUT2D eigenvalue weighted by Crippen LogP contribution is -2.23. The Hall–Kier alpha value is -1.59. The van der Waals surface area contributed by atoms with E-state index in [-0.39, 0.29) is 5.84 Å². The SMILES string of the molecule is COCCCOCCN(C)c1cccc(C(=N)N)c1. The molecule has 1 aromatic rings. The van der Waals surface area contributed by atoms with Crippen molar-refractivity contribution < 1.29 is 9.47 Å². The molecular weight excluding hydrogens is 242 g/mol. The van der Waals surface area contributed by atoms with E-state index < -0.39 is 0 Å². The average molecular weight is 265 g/mol. The third-order valence-electron chi connectivity index (χ3n) is 2.81. The molecular formula is C14H23N3O2. The molecule has 0 aromatic heterocycles. The standard InChI is InChI=1S/C14H23N3O2/c1-17(7-10-19-9-4-8-18-2)13-6-3-5-12(11-13)14(15)16/h3,5-6,11H,4,7-10H2,1-2H3,(H3,15,16). The van der Waals surface area contributed by atoms with E-state index in [0.29, 0.717) is 6.61 Å². The first-order chi connectivity index (χ1) is 9.15. The van der Waals surface area contributed by atoms with E-state index in [4.69, 9.17) is 20.6 Å². The number of likely N-dealkylation sites (N-methyl/N-ethyl adjacent to an activating group) is 1. The molecule has 0 spiro atoms. The second-order valence-corrected chi connectivity index (χ2v) is 4.34. The van der Waals surface area contributed by atoms with E-state index in [1.54, 1.807) is 7.11 Å². The van der Waals surface area contributed by atoms with E-state index in [1.165, 1.54) is 0 Å². The molecule has 0 bridgehead atoms. The summed E-state index contributed by atoms with van der Waals surface area (Å²) in [6, 6.07) is 7.65. The zero-order chi connectivity index (χ0) is 14.1. The first kappa shape index (κ1) is 15.5. The fourth-order valence-electron chi connectivity index (χ4n) is 1.65. The van der Waals surface area contributed by atoms with Crippen molar-refractivity contribution in [2.75, 3.05) is 45.4 Å². The number of nitrogens with zero attached hydrogens (tertiary/aromatic N) is 1. The molecule has 19 heavy (non-hydrogen) atoms. The lowest BCUT2D eigenvalue weighted by atomic mass is 10.2. The van der Waals surface area contributed by atoms with Gasteiger partial charge in [0.1, 0.15) is 5.84 Å². The van der Waals surface area contributed by atoms with Crippen LogP contribution >= 0.6 is 0 Å².